The van der Waals surface area contributed by atoms with Crippen LogP contribution in [0.5, 0.6) is 5.75 Å². The number of hydrogen-bond donors (Lipinski definition) is 1. The molecule has 0 aliphatic carbocycles. The van der Waals surface area contributed by atoms with Gasteiger partial charge in [0.05, 0.1) is 18.3 Å². The van der Waals surface area contributed by atoms with Crippen molar-refractivity contribution in [2.75, 3.05) is 7.11 Å². The highest BCUT2D eigenvalue weighted by Gasteiger charge is 2.31. The molecule has 0 aliphatic rings. The Hall–Kier alpha value is -2.73. The first-order chi connectivity index (χ1) is 12.2. The molecule has 1 aromatic heterocycles. The van der Waals surface area contributed by atoms with Crippen LogP contribution in [0.2, 0.25) is 0 Å². The maximum Gasteiger partial charge on any atom is 0.176 e. The molecule has 0 bridgehead atoms. The van der Waals surface area contributed by atoms with E-state index >= 15 is 0 Å². The van der Waals surface area contributed by atoms with Crippen LogP contribution in [-0.4, -0.2) is 27.3 Å². The lowest BCUT2D eigenvalue weighted by atomic mass is 9.97. The molecule has 1 atom stereocenters. The van der Waals surface area contributed by atoms with Crippen molar-refractivity contribution >= 4 is 0 Å². The van der Waals surface area contributed by atoms with E-state index in [1.165, 1.54) is 5.56 Å². The molecule has 1 N–H and O–H groups in total. The number of nitrogens with one attached hydrogen (secondary N) is 1. The lowest BCUT2D eigenvalue weighted by molar-refractivity contribution is 0.324. The second-order valence-electron chi connectivity index (χ2n) is 6.14. The van der Waals surface area contributed by atoms with E-state index in [2.05, 4.69) is 46.8 Å². The molecule has 25 heavy (non-hydrogen) atoms. The summed E-state index contributed by atoms with van der Waals surface area (Å²) in [5, 5.41) is 16.0. The van der Waals surface area contributed by atoms with Crippen molar-refractivity contribution in [2.45, 2.75) is 32.4 Å². The maximum absolute atomic E-state index is 5.22. The highest BCUT2D eigenvalue weighted by molar-refractivity contribution is 5.37. The van der Waals surface area contributed by atoms with Gasteiger partial charge in [-0.3, -0.25) is 0 Å². The Bertz CT molecular complexity index is 800. The van der Waals surface area contributed by atoms with Crippen LogP contribution >= 0.6 is 0 Å². The summed E-state index contributed by atoms with van der Waals surface area (Å²) >= 11 is 0. The van der Waals surface area contributed by atoms with E-state index in [0.29, 0.717) is 0 Å². The fourth-order valence-electron chi connectivity index (χ4n) is 2.68. The average molecular weight is 337 g/mol. The molecule has 0 fully saturated rings. The number of aromatic nitrogens is 4. The minimum Gasteiger partial charge on any atom is -0.497 e. The lowest BCUT2D eigenvalue weighted by Crippen LogP contribution is -2.41. The Morgan fingerprint density at radius 3 is 2.44 bits per heavy atom. The number of benzene rings is 2. The van der Waals surface area contributed by atoms with Gasteiger partial charge in [-0.2, -0.15) is 4.68 Å². The molecule has 3 rings (SSSR count). The quantitative estimate of drug-likeness (QED) is 0.718. The fourth-order valence-corrected chi connectivity index (χ4v) is 2.68. The van der Waals surface area contributed by atoms with Gasteiger partial charge in [-0.05, 0) is 53.6 Å². The van der Waals surface area contributed by atoms with E-state index in [-0.39, 0.29) is 5.54 Å². The molecule has 6 heteroatoms. The maximum atomic E-state index is 5.22. The molecule has 0 saturated heterocycles. The Labute approximate surface area is 147 Å². The molecule has 1 unspecified atom stereocenters. The third kappa shape index (κ3) is 3.69. The summed E-state index contributed by atoms with van der Waals surface area (Å²) in [6.07, 6.45) is 0.858. The smallest absolute Gasteiger partial charge is 0.176 e. The number of hydrogen-bond acceptors (Lipinski definition) is 5. The Balaban J connectivity index is 1.86. The lowest BCUT2D eigenvalue weighted by Gasteiger charge is -2.28. The van der Waals surface area contributed by atoms with Crippen LogP contribution < -0.4 is 10.1 Å². The normalized spacial score (nSPS) is 13.4. The number of tetrazole rings is 1. The van der Waals surface area contributed by atoms with Crippen molar-refractivity contribution in [3.63, 3.8) is 0 Å². The van der Waals surface area contributed by atoms with Gasteiger partial charge in [-0.25, -0.2) is 0 Å². The molecule has 0 saturated carbocycles. The zero-order valence-electron chi connectivity index (χ0n) is 14.8. The molecule has 0 radical (unpaired) electrons. The minimum absolute atomic E-state index is 0.348. The molecule has 130 valence electrons. The average Bonchev–Trinajstić information content (AvgIpc) is 3.17. The van der Waals surface area contributed by atoms with Crippen LogP contribution in [0.4, 0.5) is 0 Å². The highest BCUT2D eigenvalue weighted by Crippen LogP contribution is 2.25. The molecule has 0 spiro atoms. The van der Waals surface area contributed by atoms with E-state index in [1.807, 2.05) is 42.5 Å². The standard InChI is InChI=1S/C19H23N5O/c1-4-19(2,20-14-15-8-6-5-7-9-15)18-21-22-23-24(18)16-10-12-17(25-3)13-11-16/h5-13,20H,4,14H2,1-3H3. The SMILES string of the molecule is CCC(C)(NCc1ccccc1)c1nnnn1-c1ccc(OC)cc1. The van der Waals surface area contributed by atoms with Crippen molar-refractivity contribution in [3.8, 4) is 11.4 Å². The molecule has 3 aromatic rings. The molecule has 2 aromatic carbocycles. The van der Waals surface area contributed by atoms with Crippen LogP contribution in [0, 0.1) is 0 Å². The summed E-state index contributed by atoms with van der Waals surface area (Å²) in [6.45, 7) is 5.01. The first kappa shape index (κ1) is 17.1. The predicted molar refractivity (Wildman–Crippen MR) is 96.6 cm³/mol. The molecular weight excluding hydrogens is 314 g/mol. The van der Waals surface area contributed by atoms with Crippen LogP contribution in [0.3, 0.4) is 0 Å². The second kappa shape index (κ2) is 7.44. The highest BCUT2D eigenvalue weighted by atomic mass is 16.5. The molecule has 6 nitrogen and oxygen atoms in total. The topological polar surface area (TPSA) is 64.9 Å². The van der Waals surface area contributed by atoms with Crippen LogP contribution in [0.25, 0.3) is 5.69 Å². The van der Waals surface area contributed by atoms with Crippen molar-refractivity contribution in [1.82, 2.24) is 25.5 Å². The van der Waals surface area contributed by atoms with Gasteiger partial charge in [-0.15, -0.1) is 5.10 Å². The number of nitrogens with zero attached hydrogens (tertiary/aromatic N) is 4. The predicted octanol–water partition coefficient (Wildman–Crippen LogP) is 3.09. The third-order valence-corrected chi connectivity index (χ3v) is 4.51. The largest absolute Gasteiger partial charge is 0.497 e. The first-order valence-electron chi connectivity index (χ1n) is 8.38. The molecule has 0 amide bonds. The number of rotatable bonds is 7. The van der Waals surface area contributed by atoms with Gasteiger partial charge in [0.15, 0.2) is 5.82 Å². The van der Waals surface area contributed by atoms with Crippen molar-refractivity contribution in [3.05, 3.63) is 66.0 Å². The molecule has 0 aliphatic heterocycles. The summed E-state index contributed by atoms with van der Waals surface area (Å²) < 4.78 is 7.00. The number of ether oxygens (including phenoxy) is 1. The summed E-state index contributed by atoms with van der Waals surface area (Å²) in [5.41, 5.74) is 1.78. The van der Waals surface area contributed by atoms with Crippen LogP contribution in [-0.2, 0) is 12.1 Å². The summed E-state index contributed by atoms with van der Waals surface area (Å²) in [7, 11) is 1.65. The van der Waals surface area contributed by atoms with Gasteiger partial charge in [0.25, 0.3) is 0 Å². The second-order valence-corrected chi connectivity index (χ2v) is 6.14. The van der Waals surface area contributed by atoms with Crippen molar-refractivity contribution < 1.29 is 4.74 Å². The summed E-state index contributed by atoms with van der Waals surface area (Å²) in [6, 6.07) is 18.0. The van der Waals surface area contributed by atoms with Crippen molar-refractivity contribution in [1.29, 1.82) is 0 Å². The van der Waals surface area contributed by atoms with Gasteiger partial charge in [0.2, 0.25) is 0 Å². The summed E-state index contributed by atoms with van der Waals surface area (Å²) in [5.74, 6) is 1.59. The molecular formula is C19H23N5O. The zero-order valence-corrected chi connectivity index (χ0v) is 14.8. The zero-order chi connectivity index (χ0) is 17.7. The van der Waals surface area contributed by atoms with Gasteiger partial charge in [-0.1, -0.05) is 37.3 Å². The minimum atomic E-state index is -0.348. The van der Waals surface area contributed by atoms with Crippen LogP contribution in [0.15, 0.2) is 54.6 Å². The van der Waals surface area contributed by atoms with Crippen molar-refractivity contribution in [2.24, 2.45) is 0 Å². The van der Waals surface area contributed by atoms with Gasteiger partial charge >= 0.3 is 0 Å². The summed E-state index contributed by atoms with van der Waals surface area (Å²) in [4.78, 5) is 0. The third-order valence-electron chi connectivity index (χ3n) is 4.51. The van der Waals surface area contributed by atoms with E-state index < -0.39 is 0 Å². The monoisotopic (exact) mass is 337 g/mol. The Morgan fingerprint density at radius 1 is 1.08 bits per heavy atom. The Kier molecular flexibility index (Phi) is 5.09. The van der Waals surface area contributed by atoms with Gasteiger partial charge < -0.3 is 10.1 Å². The fraction of sp³-hybridized carbons (Fsp3) is 0.316. The molecule has 1 heterocycles. The van der Waals surface area contributed by atoms with E-state index in [9.17, 15) is 0 Å². The number of methoxy groups -OCH3 is 1. The van der Waals surface area contributed by atoms with Crippen LogP contribution in [0.1, 0.15) is 31.7 Å². The first-order valence-corrected chi connectivity index (χ1v) is 8.38. The van der Waals surface area contributed by atoms with E-state index in [4.69, 9.17) is 4.74 Å². The van der Waals surface area contributed by atoms with Gasteiger partial charge in [0.1, 0.15) is 5.75 Å². The van der Waals surface area contributed by atoms with E-state index in [1.54, 1.807) is 11.8 Å². The van der Waals surface area contributed by atoms with E-state index in [0.717, 1.165) is 30.2 Å². The van der Waals surface area contributed by atoms with Gasteiger partial charge in [0, 0.05) is 6.54 Å². The Morgan fingerprint density at radius 2 is 1.80 bits per heavy atom.